The first kappa shape index (κ1) is 17.3. The minimum atomic E-state index is -0.641. The van der Waals surface area contributed by atoms with Crippen LogP contribution in [-0.4, -0.2) is 23.9 Å². The summed E-state index contributed by atoms with van der Waals surface area (Å²) in [6.45, 7) is 1.62. The van der Waals surface area contributed by atoms with Gasteiger partial charge in [0.25, 0.3) is 0 Å². The minimum absolute atomic E-state index is 0.0463. The van der Waals surface area contributed by atoms with Crippen LogP contribution in [-0.2, 0) is 9.53 Å². The van der Waals surface area contributed by atoms with Gasteiger partial charge in [-0.3, -0.25) is 0 Å². The first-order chi connectivity index (χ1) is 11.9. The van der Waals surface area contributed by atoms with E-state index in [1.165, 1.54) is 13.2 Å². The molecule has 1 N–H and O–H groups in total. The van der Waals surface area contributed by atoms with E-state index in [0.717, 1.165) is 5.56 Å². The standard InChI is InChI=1S/C18H13Cl2NO4/c1-9-16(18(23)24-2)17(22)14(21-9)8-11-4-6-15(25-11)10-3-5-12(19)13(20)7-10/h3-8,22H,1-2H3. The SMILES string of the molecule is COC(=O)C1=C(O)C(=Cc2ccc(-c3ccc(Cl)c(Cl)c3)o2)N=C1C. The molecule has 0 amide bonds. The Morgan fingerprint density at radius 1 is 1.24 bits per heavy atom. The molecule has 2 aromatic rings. The summed E-state index contributed by atoms with van der Waals surface area (Å²) in [5, 5.41) is 11.1. The lowest BCUT2D eigenvalue weighted by Gasteiger charge is -2.00. The Hall–Kier alpha value is -2.50. The molecule has 0 saturated heterocycles. The third kappa shape index (κ3) is 3.34. The van der Waals surface area contributed by atoms with Gasteiger partial charge in [-0.1, -0.05) is 23.2 Å². The van der Waals surface area contributed by atoms with Gasteiger partial charge in [-0.05, 0) is 37.3 Å². The zero-order valence-electron chi connectivity index (χ0n) is 13.3. The summed E-state index contributed by atoms with van der Waals surface area (Å²) in [6, 6.07) is 8.65. The number of esters is 1. The highest BCUT2D eigenvalue weighted by Gasteiger charge is 2.27. The monoisotopic (exact) mass is 377 g/mol. The third-order valence-corrected chi connectivity index (χ3v) is 4.37. The van der Waals surface area contributed by atoms with E-state index in [2.05, 4.69) is 9.73 Å². The van der Waals surface area contributed by atoms with Crippen molar-refractivity contribution in [3.63, 3.8) is 0 Å². The molecular weight excluding hydrogens is 365 g/mol. The van der Waals surface area contributed by atoms with Crippen LogP contribution in [0.25, 0.3) is 17.4 Å². The first-order valence-electron chi connectivity index (χ1n) is 7.25. The van der Waals surface area contributed by atoms with Gasteiger partial charge in [-0.25, -0.2) is 9.79 Å². The van der Waals surface area contributed by atoms with Crippen LogP contribution < -0.4 is 0 Å². The van der Waals surface area contributed by atoms with E-state index < -0.39 is 5.97 Å². The minimum Gasteiger partial charge on any atom is -0.505 e. The third-order valence-electron chi connectivity index (χ3n) is 3.63. The Balaban J connectivity index is 1.93. The highest BCUT2D eigenvalue weighted by atomic mass is 35.5. The number of methoxy groups -OCH3 is 1. The molecule has 0 fully saturated rings. The van der Waals surface area contributed by atoms with Crippen LogP contribution in [0.2, 0.25) is 10.0 Å². The predicted molar refractivity (Wildman–Crippen MR) is 96.9 cm³/mol. The number of benzene rings is 1. The van der Waals surface area contributed by atoms with Crippen molar-refractivity contribution in [3.8, 4) is 11.3 Å². The quantitative estimate of drug-likeness (QED) is 0.759. The second-order valence-corrected chi connectivity index (χ2v) is 6.09. The van der Waals surface area contributed by atoms with E-state index in [9.17, 15) is 9.90 Å². The summed E-state index contributed by atoms with van der Waals surface area (Å²) in [5.74, 6) is 0.168. The van der Waals surface area contributed by atoms with E-state index in [4.69, 9.17) is 27.6 Å². The van der Waals surface area contributed by atoms with Gasteiger partial charge in [0.1, 0.15) is 22.8 Å². The van der Waals surface area contributed by atoms with Crippen molar-refractivity contribution >= 4 is 41.0 Å². The summed E-state index contributed by atoms with van der Waals surface area (Å²) in [7, 11) is 1.24. The highest BCUT2D eigenvalue weighted by Crippen LogP contribution is 2.31. The lowest BCUT2D eigenvalue weighted by atomic mass is 10.1. The summed E-state index contributed by atoms with van der Waals surface area (Å²) in [4.78, 5) is 15.9. The number of furan rings is 1. The van der Waals surface area contributed by atoms with Crippen LogP contribution >= 0.6 is 23.2 Å². The van der Waals surface area contributed by atoms with Crippen LogP contribution in [0.1, 0.15) is 12.7 Å². The average Bonchev–Trinajstić information content (AvgIpc) is 3.15. The Kier molecular flexibility index (Phi) is 4.70. The van der Waals surface area contributed by atoms with E-state index in [1.54, 1.807) is 37.3 Å². The molecule has 0 aliphatic carbocycles. The fraction of sp³-hybridized carbons (Fsp3) is 0.111. The topological polar surface area (TPSA) is 72.0 Å². The van der Waals surface area contributed by atoms with Gasteiger partial charge in [0.15, 0.2) is 5.76 Å². The molecule has 1 aliphatic rings. The van der Waals surface area contributed by atoms with E-state index in [1.807, 2.05) is 0 Å². The fourth-order valence-corrected chi connectivity index (χ4v) is 2.70. The van der Waals surface area contributed by atoms with Gasteiger partial charge in [-0.2, -0.15) is 0 Å². The number of carbonyl (C=O) groups is 1. The van der Waals surface area contributed by atoms with Crippen molar-refractivity contribution in [2.45, 2.75) is 6.92 Å². The number of aliphatic hydroxyl groups is 1. The summed E-state index contributed by atoms with van der Waals surface area (Å²) in [5.41, 5.74) is 1.42. The molecule has 2 heterocycles. The summed E-state index contributed by atoms with van der Waals surface area (Å²) >= 11 is 11.9. The zero-order valence-corrected chi connectivity index (χ0v) is 14.9. The number of halogens is 2. The molecule has 0 unspecified atom stereocenters. The van der Waals surface area contributed by atoms with Gasteiger partial charge >= 0.3 is 5.97 Å². The van der Waals surface area contributed by atoms with Gasteiger partial charge in [-0.15, -0.1) is 0 Å². The fourth-order valence-electron chi connectivity index (χ4n) is 2.41. The van der Waals surface area contributed by atoms with E-state index >= 15 is 0 Å². The molecule has 5 nitrogen and oxygen atoms in total. The molecule has 1 aromatic heterocycles. The average molecular weight is 378 g/mol. The first-order valence-corrected chi connectivity index (χ1v) is 8.01. The van der Waals surface area contributed by atoms with Crippen LogP contribution in [0.3, 0.4) is 0 Å². The number of rotatable bonds is 3. The van der Waals surface area contributed by atoms with Crippen molar-refractivity contribution in [2.75, 3.05) is 7.11 Å². The number of nitrogens with zero attached hydrogens (tertiary/aromatic N) is 1. The van der Waals surface area contributed by atoms with Crippen molar-refractivity contribution in [3.05, 3.63) is 63.2 Å². The van der Waals surface area contributed by atoms with Crippen LogP contribution in [0.5, 0.6) is 0 Å². The molecular formula is C18H13Cl2NO4. The van der Waals surface area contributed by atoms with Gasteiger partial charge < -0.3 is 14.3 Å². The lowest BCUT2D eigenvalue weighted by molar-refractivity contribution is -0.135. The van der Waals surface area contributed by atoms with Crippen molar-refractivity contribution in [1.29, 1.82) is 0 Å². The molecule has 128 valence electrons. The Morgan fingerprint density at radius 3 is 2.68 bits per heavy atom. The summed E-state index contributed by atoms with van der Waals surface area (Å²) < 4.78 is 10.4. The van der Waals surface area contributed by atoms with E-state index in [0.29, 0.717) is 27.3 Å². The van der Waals surface area contributed by atoms with Gasteiger partial charge in [0.05, 0.1) is 22.9 Å². The second kappa shape index (κ2) is 6.78. The molecule has 25 heavy (non-hydrogen) atoms. The van der Waals surface area contributed by atoms with Crippen LogP contribution in [0.15, 0.2) is 56.8 Å². The van der Waals surface area contributed by atoms with Crippen molar-refractivity contribution in [1.82, 2.24) is 0 Å². The zero-order chi connectivity index (χ0) is 18.1. The number of ether oxygens (including phenoxy) is 1. The molecule has 0 bridgehead atoms. The van der Waals surface area contributed by atoms with Crippen LogP contribution in [0, 0.1) is 0 Å². The largest absolute Gasteiger partial charge is 0.505 e. The molecule has 0 radical (unpaired) electrons. The smallest absolute Gasteiger partial charge is 0.343 e. The van der Waals surface area contributed by atoms with Gasteiger partial charge in [0.2, 0.25) is 0 Å². The summed E-state index contributed by atoms with van der Waals surface area (Å²) in [6.07, 6.45) is 1.54. The Bertz CT molecular complexity index is 954. The molecule has 0 spiro atoms. The van der Waals surface area contributed by atoms with Gasteiger partial charge in [0, 0.05) is 11.6 Å². The van der Waals surface area contributed by atoms with Crippen molar-refractivity contribution < 1.29 is 19.1 Å². The maximum absolute atomic E-state index is 11.7. The van der Waals surface area contributed by atoms with E-state index in [-0.39, 0.29) is 17.0 Å². The second-order valence-electron chi connectivity index (χ2n) is 5.27. The molecule has 0 saturated carbocycles. The molecule has 3 rings (SSSR count). The predicted octanol–water partition coefficient (Wildman–Crippen LogP) is 5.05. The van der Waals surface area contributed by atoms with Crippen LogP contribution in [0.4, 0.5) is 0 Å². The Labute approximate surface area is 153 Å². The maximum Gasteiger partial charge on any atom is 0.343 e. The molecule has 1 aliphatic heterocycles. The molecule has 1 aromatic carbocycles. The maximum atomic E-state index is 11.7. The number of hydrogen-bond donors (Lipinski definition) is 1. The lowest BCUT2D eigenvalue weighted by Crippen LogP contribution is -2.11. The number of aliphatic hydroxyl groups excluding tert-OH is 1. The number of aliphatic imine (C=N–C) groups is 1. The number of carbonyl (C=O) groups excluding carboxylic acids is 1. The molecule has 0 atom stereocenters. The van der Waals surface area contributed by atoms with Crippen molar-refractivity contribution in [2.24, 2.45) is 4.99 Å². The Morgan fingerprint density at radius 2 is 2.00 bits per heavy atom. The number of hydrogen-bond acceptors (Lipinski definition) is 5. The molecule has 7 heteroatoms. The normalized spacial score (nSPS) is 15.7. The highest BCUT2D eigenvalue weighted by molar-refractivity contribution is 6.42.